The van der Waals surface area contributed by atoms with Crippen molar-refractivity contribution in [3.8, 4) is 0 Å². The lowest BCUT2D eigenvalue weighted by Gasteiger charge is -2.15. The molecule has 1 aliphatic rings. The van der Waals surface area contributed by atoms with Crippen molar-refractivity contribution >= 4 is 44.6 Å². The predicted octanol–water partition coefficient (Wildman–Crippen LogP) is 2.38. The Morgan fingerprint density at radius 2 is 1.97 bits per heavy atom. The summed E-state index contributed by atoms with van der Waals surface area (Å²) in [5, 5.41) is 14.4. The van der Waals surface area contributed by atoms with E-state index in [1.165, 1.54) is 15.8 Å². The molecule has 0 unspecified atom stereocenters. The number of benzene rings is 1. The third-order valence-corrected chi connectivity index (χ3v) is 7.22. The predicted molar refractivity (Wildman–Crippen MR) is 104 cm³/mol. The number of hydrogen-bond donors (Lipinski definition) is 1. The number of amides is 1. The van der Waals surface area contributed by atoms with Crippen LogP contribution in [-0.2, 0) is 19.6 Å². The zero-order valence-corrected chi connectivity index (χ0v) is 17.0. The number of halogens is 1. The molecule has 0 saturated carbocycles. The summed E-state index contributed by atoms with van der Waals surface area (Å²) in [7, 11) is -3.83. The van der Waals surface area contributed by atoms with E-state index in [-0.39, 0.29) is 15.5 Å². The number of anilines is 1. The molecule has 1 aromatic heterocycles. The first kappa shape index (κ1) is 21.8. The minimum absolute atomic E-state index is 0.0578. The summed E-state index contributed by atoms with van der Waals surface area (Å²) in [4.78, 5) is 33.8. The van der Waals surface area contributed by atoms with Gasteiger partial charge in [-0.1, -0.05) is 0 Å². The van der Waals surface area contributed by atoms with Crippen molar-refractivity contribution in [3.63, 3.8) is 0 Å². The van der Waals surface area contributed by atoms with E-state index in [1.54, 1.807) is 0 Å². The second-order valence-electron chi connectivity index (χ2n) is 6.27. The second-order valence-corrected chi connectivity index (χ2v) is 9.10. The van der Waals surface area contributed by atoms with E-state index in [0.717, 1.165) is 42.4 Å². The van der Waals surface area contributed by atoms with Gasteiger partial charge in [-0.3, -0.25) is 14.9 Å². The number of rotatable bonds is 7. The number of carbonyl (C=O) groups is 2. The first-order chi connectivity index (χ1) is 14.2. The summed E-state index contributed by atoms with van der Waals surface area (Å²) < 4.78 is 44.9. The lowest BCUT2D eigenvalue weighted by atomic mass is 10.2. The first-order valence-corrected chi connectivity index (χ1v) is 11.0. The van der Waals surface area contributed by atoms with E-state index in [4.69, 9.17) is 4.74 Å². The molecule has 30 heavy (non-hydrogen) atoms. The minimum Gasteiger partial charge on any atom is -0.451 e. The van der Waals surface area contributed by atoms with Crippen LogP contribution in [-0.4, -0.2) is 49.2 Å². The van der Waals surface area contributed by atoms with E-state index in [9.17, 15) is 32.5 Å². The molecule has 0 bridgehead atoms. The quantitative estimate of drug-likeness (QED) is 0.383. The van der Waals surface area contributed by atoms with Gasteiger partial charge in [-0.15, -0.1) is 11.3 Å². The fraction of sp³-hybridized carbons (Fsp3) is 0.294. The van der Waals surface area contributed by atoms with Crippen LogP contribution in [0.4, 0.5) is 15.8 Å². The van der Waals surface area contributed by atoms with Gasteiger partial charge >= 0.3 is 11.7 Å². The van der Waals surface area contributed by atoms with Gasteiger partial charge in [0.05, 0.1) is 4.92 Å². The molecule has 13 heteroatoms. The third kappa shape index (κ3) is 4.63. The van der Waals surface area contributed by atoms with Crippen LogP contribution < -0.4 is 5.32 Å². The number of thiophene rings is 1. The maximum absolute atomic E-state index is 13.3. The Balaban J connectivity index is 1.64. The molecular formula is C17H16FN3O7S2. The van der Waals surface area contributed by atoms with Gasteiger partial charge in [-0.25, -0.2) is 13.2 Å². The summed E-state index contributed by atoms with van der Waals surface area (Å²) in [6, 6.07) is 4.07. The van der Waals surface area contributed by atoms with Crippen molar-refractivity contribution in [2.45, 2.75) is 17.7 Å². The number of esters is 1. The number of nitro groups is 1. The van der Waals surface area contributed by atoms with Crippen LogP contribution in [0.15, 0.2) is 34.5 Å². The van der Waals surface area contributed by atoms with Crippen LogP contribution in [0, 0.1) is 15.9 Å². The molecule has 0 spiro atoms. The van der Waals surface area contributed by atoms with Crippen molar-refractivity contribution < 1.29 is 32.1 Å². The molecule has 1 aliphatic heterocycles. The van der Waals surface area contributed by atoms with Crippen LogP contribution in [0.2, 0.25) is 0 Å². The maximum atomic E-state index is 13.3. The van der Waals surface area contributed by atoms with Gasteiger partial charge in [0.15, 0.2) is 6.61 Å². The number of nitrogens with zero attached hydrogens (tertiary/aromatic N) is 2. The van der Waals surface area contributed by atoms with E-state index >= 15 is 0 Å². The fourth-order valence-corrected chi connectivity index (χ4v) is 5.64. The highest BCUT2D eigenvalue weighted by Gasteiger charge is 2.32. The molecule has 1 aromatic carbocycles. The highest BCUT2D eigenvalue weighted by atomic mass is 32.2. The Bertz CT molecular complexity index is 1090. The maximum Gasteiger partial charge on any atom is 0.350 e. The molecule has 10 nitrogen and oxygen atoms in total. The monoisotopic (exact) mass is 457 g/mol. The van der Waals surface area contributed by atoms with Crippen LogP contribution in [0.1, 0.15) is 22.5 Å². The van der Waals surface area contributed by atoms with Gasteiger partial charge in [0, 0.05) is 24.8 Å². The van der Waals surface area contributed by atoms with Crippen molar-refractivity contribution in [2.24, 2.45) is 0 Å². The number of sulfonamides is 1. The minimum atomic E-state index is -3.83. The molecule has 1 fully saturated rings. The number of hydrogen-bond acceptors (Lipinski definition) is 8. The Hall–Kier alpha value is -2.90. The summed E-state index contributed by atoms with van der Waals surface area (Å²) >= 11 is 0.877. The average Bonchev–Trinajstić information content (AvgIpc) is 3.39. The molecular weight excluding hydrogens is 441 g/mol. The number of nitrogens with one attached hydrogen (secondary N) is 1. The van der Waals surface area contributed by atoms with Gasteiger partial charge < -0.3 is 10.1 Å². The normalized spacial score (nSPS) is 14.4. The van der Waals surface area contributed by atoms with Crippen LogP contribution in [0.25, 0.3) is 0 Å². The Kier molecular flexibility index (Phi) is 6.43. The van der Waals surface area contributed by atoms with Crippen molar-refractivity contribution in [1.82, 2.24) is 4.31 Å². The van der Waals surface area contributed by atoms with E-state index in [0.29, 0.717) is 13.1 Å². The molecule has 160 valence electrons. The highest BCUT2D eigenvalue weighted by molar-refractivity contribution is 7.89. The first-order valence-electron chi connectivity index (χ1n) is 8.68. The summed E-state index contributed by atoms with van der Waals surface area (Å²) in [6.45, 7) is -0.0110. The van der Waals surface area contributed by atoms with Crippen molar-refractivity contribution in [3.05, 3.63) is 50.5 Å². The van der Waals surface area contributed by atoms with E-state index < -0.39 is 44.9 Å². The molecule has 1 saturated heterocycles. The van der Waals surface area contributed by atoms with E-state index in [2.05, 4.69) is 5.32 Å². The molecule has 0 radical (unpaired) electrons. The van der Waals surface area contributed by atoms with Crippen LogP contribution in [0.5, 0.6) is 0 Å². The molecule has 2 aromatic rings. The number of ether oxygens (including phenoxy) is 1. The molecule has 2 heterocycles. The SMILES string of the molecule is O=C(COC(=O)c1sccc1S(=O)(=O)N1CCCC1)Nc1ccc(F)c([N+](=O)[O-])c1. The average molecular weight is 457 g/mol. The standard InChI is InChI=1S/C17H16FN3O7S2/c18-12-4-3-11(9-13(12)21(24)25)19-15(22)10-28-17(23)16-14(5-8-29-16)30(26,27)20-6-1-2-7-20/h3-5,8-9H,1-2,6-7,10H2,(H,19,22). The van der Waals surface area contributed by atoms with Crippen molar-refractivity contribution in [1.29, 1.82) is 0 Å². The lowest BCUT2D eigenvalue weighted by Crippen LogP contribution is -2.29. The number of nitro benzene ring substituents is 1. The zero-order chi connectivity index (χ0) is 21.9. The summed E-state index contributed by atoms with van der Waals surface area (Å²) in [5.41, 5.74) is -0.877. The van der Waals surface area contributed by atoms with Gasteiger partial charge in [-0.05, 0) is 36.4 Å². The highest BCUT2D eigenvalue weighted by Crippen LogP contribution is 2.28. The third-order valence-electron chi connectivity index (χ3n) is 4.26. The number of carbonyl (C=O) groups excluding carboxylic acids is 2. The van der Waals surface area contributed by atoms with Crippen molar-refractivity contribution in [2.75, 3.05) is 25.0 Å². The van der Waals surface area contributed by atoms with Gasteiger partial charge in [0.25, 0.3) is 5.91 Å². The smallest absolute Gasteiger partial charge is 0.350 e. The largest absolute Gasteiger partial charge is 0.451 e. The summed E-state index contributed by atoms with van der Waals surface area (Å²) in [5.74, 6) is -2.87. The molecule has 0 aliphatic carbocycles. The van der Waals surface area contributed by atoms with Gasteiger partial charge in [-0.2, -0.15) is 8.70 Å². The van der Waals surface area contributed by atoms with Gasteiger partial charge in [0.2, 0.25) is 15.8 Å². The van der Waals surface area contributed by atoms with Gasteiger partial charge in [0.1, 0.15) is 9.77 Å². The Morgan fingerprint density at radius 1 is 1.27 bits per heavy atom. The molecule has 1 amide bonds. The van der Waals surface area contributed by atoms with E-state index in [1.807, 2.05) is 0 Å². The molecule has 3 rings (SSSR count). The van der Waals surface area contributed by atoms with Crippen LogP contribution in [0.3, 0.4) is 0 Å². The fourth-order valence-electron chi connectivity index (χ4n) is 2.84. The zero-order valence-electron chi connectivity index (χ0n) is 15.4. The molecule has 0 atom stereocenters. The molecule has 1 N–H and O–H groups in total. The topological polar surface area (TPSA) is 136 Å². The Labute approximate surface area is 174 Å². The Morgan fingerprint density at radius 3 is 2.63 bits per heavy atom. The summed E-state index contributed by atoms with van der Waals surface area (Å²) in [6.07, 6.45) is 1.48. The lowest BCUT2D eigenvalue weighted by molar-refractivity contribution is -0.387. The van der Waals surface area contributed by atoms with Crippen LogP contribution >= 0.6 is 11.3 Å². The second kappa shape index (κ2) is 8.85.